The molecular weight excluding hydrogens is 689 g/mol. The van der Waals surface area contributed by atoms with Gasteiger partial charge in [0.2, 0.25) is 0 Å². The van der Waals surface area contributed by atoms with Crippen molar-refractivity contribution in [3.8, 4) is 39.1 Å². The Morgan fingerprint density at radius 2 is 1.00 bits per heavy atom. The molecule has 1 aromatic heterocycles. The van der Waals surface area contributed by atoms with E-state index in [4.69, 9.17) is 0 Å². The van der Waals surface area contributed by atoms with Crippen molar-refractivity contribution in [2.24, 2.45) is 0 Å². The summed E-state index contributed by atoms with van der Waals surface area (Å²) in [6.45, 7) is 4.75. The molecular formula is C55H40N2. The van der Waals surface area contributed by atoms with Gasteiger partial charge in [-0.2, -0.15) is 0 Å². The monoisotopic (exact) mass is 728 g/mol. The summed E-state index contributed by atoms with van der Waals surface area (Å²) in [5.41, 5.74) is 17.0. The smallest absolute Gasteiger partial charge is 0.0622 e. The second kappa shape index (κ2) is 13.0. The number of aromatic nitrogens is 1. The molecule has 0 fully saturated rings. The minimum atomic E-state index is -0.116. The Balaban J connectivity index is 1.27. The summed E-state index contributed by atoms with van der Waals surface area (Å²) >= 11 is 0. The first-order valence-corrected chi connectivity index (χ1v) is 19.9. The number of hydrogen-bond donors (Lipinski definition) is 0. The van der Waals surface area contributed by atoms with Crippen molar-refractivity contribution in [2.45, 2.75) is 19.3 Å². The highest BCUT2D eigenvalue weighted by Gasteiger charge is 2.38. The first kappa shape index (κ1) is 33.2. The molecule has 0 bridgehead atoms. The topological polar surface area (TPSA) is 8.17 Å². The quantitative estimate of drug-likeness (QED) is 0.165. The lowest BCUT2D eigenvalue weighted by Crippen LogP contribution is -2.14. The van der Waals surface area contributed by atoms with Crippen LogP contribution in [-0.2, 0) is 5.41 Å². The number of benzene rings is 9. The maximum atomic E-state index is 2.54. The van der Waals surface area contributed by atoms with Crippen molar-refractivity contribution in [3.63, 3.8) is 0 Å². The average molecular weight is 729 g/mol. The van der Waals surface area contributed by atoms with E-state index in [0.717, 1.165) is 22.7 Å². The van der Waals surface area contributed by atoms with E-state index in [9.17, 15) is 0 Å². The summed E-state index contributed by atoms with van der Waals surface area (Å²) in [7, 11) is 0. The third kappa shape index (κ3) is 5.11. The minimum absolute atomic E-state index is 0.116. The molecule has 9 aromatic carbocycles. The highest BCUT2D eigenvalue weighted by Crippen LogP contribution is 2.54. The van der Waals surface area contributed by atoms with E-state index in [1.54, 1.807) is 0 Å². The molecule has 1 heterocycles. The Bertz CT molecular complexity index is 3120. The van der Waals surface area contributed by atoms with Crippen LogP contribution in [-0.4, -0.2) is 4.57 Å². The molecule has 0 aliphatic heterocycles. The normalized spacial score (nSPS) is 12.9. The van der Waals surface area contributed by atoms with Gasteiger partial charge in [0.05, 0.1) is 22.4 Å². The second-order valence-electron chi connectivity index (χ2n) is 15.7. The van der Waals surface area contributed by atoms with Crippen LogP contribution in [0.2, 0.25) is 0 Å². The molecule has 0 spiro atoms. The Morgan fingerprint density at radius 1 is 0.421 bits per heavy atom. The molecule has 0 saturated heterocycles. The van der Waals surface area contributed by atoms with Crippen molar-refractivity contribution in [1.29, 1.82) is 0 Å². The zero-order chi connectivity index (χ0) is 38.1. The number of rotatable bonds is 6. The molecule has 2 nitrogen and oxygen atoms in total. The summed E-state index contributed by atoms with van der Waals surface area (Å²) < 4.78 is 2.54. The third-order valence-electron chi connectivity index (χ3n) is 12.2. The largest absolute Gasteiger partial charge is 0.309 e. The number of fused-ring (bicyclic) bond motifs is 9. The lowest BCUT2D eigenvalue weighted by Gasteiger charge is -2.29. The van der Waals surface area contributed by atoms with Gasteiger partial charge in [-0.25, -0.2) is 0 Å². The molecule has 11 rings (SSSR count). The predicted octanol–water partition coefficient (Wildman–Crippen LogP) is 15.0. The fraction of sp³-hybridized carbons (Fsp3) is 0.0545. The summed E-state index contributed by atoms with van der Waals surface area (Å²) in [5.74, 6) is 0. The Labute approximate surface area is 333 Å². The van der Waals surface area contributed by atoms with Crippen LogP contribution in [0.1, 0.15) is 25.0 Å². The third-order valence-corrected chi connectivity index (χ3v) is 12.2. The van der Waals surface area contributed by atoms with Crippen LogP contribution in [0.5, 0.6) is 0 Å². The molecule has 0 N–H and O–H groups in total. The van der Waals surface area contributed by atoms with Gasteiger partial charge < -0.3 is 9.47 Å². The maximum absolute atomic E-state index is 2.54. The van der Waals surface area contributed by atoms with E-state index in [-0.39, 0.29) is 5.41 Å². The van der Waals surface area contributed by atoms with E-state index in [0.29, 0.717) is 0 Å². The first-order valence-electron chi connectivity index (χ1n) is 19.9. The fourth-order valence-corrected chi connectivity index (χ4v) is 9.53. The molecule has 1 aliphatic carbocycles. The van der Waals surface area contributed by atoms with Crippen molar-refractivity contribution in [2.75, 3.05) is 4.90 Å². The molecule has 1 aliphatic rings. The van der Waals surface area contributed by atoms with Crippen molar-refractivity contribution < 1.29 is 0 Å². The van der Waals surface area contributed by atoms with Crippen LogP contribution in [0.15, 0.2) is 206 Å². The fourth-order valence-electron chi connectivity index (χ4n) is 9.53. The number of anilines is 3. The van der Waals surface area contributed by atoms with Gasteiger partial charge in [0.15, 0.2) is 0 Å². The average Bonchev–Trinajstić information content (AvgIpc) is 3.73. The van der Waals surface area contributed by atoms with Crippen LogP contribution in [0.3, 0.4) is 0 Å². The summed E-state index contributed by atoms with van der Waals surface area (Å²) in [5, 5.41) is 4.98. The highest BCUT2D eigenvalue weighted by atomic mass is 15.1. The molecule has 2 heteroatoms. The van der Waals surface area contributed by atoms with E-state index in [2.05, 4.69) is 230 Å². The molecule has 270 valence electrons. The zero-order valence-corrected chi connectivity index (χ0v) is 32.0. The van der Waals surface area contributed by atoms with Crippen LogP contribution < -0.4 is 4.90 Å². The Hall–Kier alpha value is -7.16. The molecule has 0 amide bonds. The van der Waals surface area contributed by atoms with Gasteiger partial charge in [-0.1, -0.05) is 184 Å². The van der Waals surface area contributed by atoms with E-state index >= 15 is 0 Å². The first-order chi connectivity index (χ1) is 28.1. The molecule has 0 atom stereocenters. The van der Waals surface area contributed by atoms with Crippen LogP contribution in [0.4, 0.5) is 17.1 Å². The lowest BCUT2D eigenvalue weighted by atomic mass is 9.82. The number of hydrogen-bond acceptors (Lipinski definition) is 1. The second-order valence-corrected chi connectivity index (χ2v) is 15.7. The molecule has 0 saturated carbocycles. The SMILES string of the molecule is CC1(C)c2ccccc2-c2c1ccc1c3c4ccccc4c(N(c4ccc(-c5ccccc5)cc4)c4ccccc4-c4ccccc4)cc3n(-c3ccccc3)c21. The number of nitrogens with zero attached hydrogens (tertiary/aromatic N) is 2. The summed E-state index contributed by atoms with van der Waals surface area (Å²) in [4.78, 5) is 2.48. The predicted molar refractivity (Wildman–Crippen MR) is 241 cm³/mol. The van der Waals surface area contributed by atoms with Gasteiger partial charge in [0, 0.05) is 44.1 Å². The van der Waals surface area contributed by atoms with E-state index in [1.807, 2.05) is 0 Å². The van der Waals surface area contributed by atoms with Crippen molar-refractivity contribution in [3.05, 3.63) is 217 Å². The zero-order valence-electron chi connectivity index (χ0n) is 32.0. The van der Waals surface area contributed by atoms with Gasteiger partial charge in [0.25, 0.3) is 0 Å². The molecule has 57 heavy (non-hydrogen) atoms. The highest BCUT2D eigenvalue weighted by molar-refractivity contribution is 6.27. The minimum Gasteiger partial charge on any atom is -0.309 e. The van der Waals surface area contributed by atoms with Crippen LogP contribution in [0.25, 0.3) is 71.6 Å². The Morgan fingerprint density at radius 3 is 1.74 bits per heavy atom. The summed E-state index contributed by atoms with van der Waals surface area (Å²) in [6, 6.07) is 75.5. The molecule has 0 radical (unpaired) electrons. The van der Waals surface area contributed by atoms with Gasteiger partial charge in [-0.05, 0) is 75.2 Å². The van der Waals surface area contributed by atoms with Crippen molar-refractivity contribution >= 4 is 49.6 Å². The standard InChI is InChI=1S/C55H40N2/c1-55(2)47-28-16-14-27-45(47)53-48(55)35-34-46-52-44-26-13-12-25-43(44)50(36-51(52)57(54(46)53)40-22-10-5-11-23-40)56(41-32-30-38(31-33-41)37-18-6-3-7-19-37)49-29-17-15-24-42(49)39-20-8-4-9-21-39/h3-36H,1-2H3. The summed E-state index contributed by atoms with van der Waals surface area (Å²) in [6.07, 6.45) is 0. The molecule has 10 aromatic rings. The molecule has 0 unspecified atom stereocenters. The van der Waals surface area contributed by atoms with Gasteiger partial charge in [-0.15, -0.1) is 0 Å². The van der Waals surface area contributed by atoms with Gasteiger partial charge >= 0.3 is 0 Å². The van der Waals surface area contributed by atoms with Crippen molar-refractivity contribution in [1.82, 2.24) is 4.57 Å². The van der Waals surface area contributed by atoms with E-state index < -0.39 is 0 Å². The lowest BCUT2D eigenvalue weighted by molar-refractivity contribution is 0.661. The van der Waals surface area contributed by atoms with Crippen LogP contribution >= 0.6 is 0 Å². The number of para-hydroxylation sites is 2. The van der Waals surface area contributed by atoms with Crippen LogP contribution in [0, 0.1) is 0 Å². The Kier molecular flexibility index (Phi) is 7.55. The van der Waals surface area contributed by atoms with Gasteiger partial charge in [-0.3, -0.25) is 0 Å². The van der Waals surface area contributed by atoms with E-state index in [1.165, 1.54) is 77.1 Å². The maximum Gasteiger partial charge on any atom is 0.0622 e. The van der Waals surface area contributed by atoms with Gasteiger partial charge in [0.1, 0.15) is 0 Å².